The maximum absolute atomic E-state index is 5.06. The minimum absolute atomic E-state index is 0.673. The zero-order chi connectivity index (χ0) is 13.9. The number of ether oxygens (including phenoxy) is 1. The van der Waals surface area contributed by atoms with Crippen LogP contribution in [0, 0.1) is 0 Å². The average molecular weight is 331 g/mol. The van der Waals surface area contributed by atoms with Crippen molar-refractivity contribution in [2.45, 2.75) is 6.54 Å². The summed E-state index contributed by atoms with van der Waals surface area (Å²) in [6.45, 7) is 1.45. The van der Waals surface area contributed by atoms with Gasteiger partial charge in [-0.2, -0.15) is 5.10 Å². The predicted octanol–water partition coefficient (Wildman–Crippen LogP) is 4.11. The molecule has 0 aliphatic heterocycles. The molecule has 2 aromatic carbocycles. The van der Waals surface area contributed by atoms with Crippen molar-refractivity contribution in [2.75, 3.05) is 13.7 Å². The van der Waals surface area contributed by atoms with Gasteiger partial charge in [0.15, 0.2) is 0 Å². The van der Waals surface area contributed by atoms with Gasteiger partial charge in [0, 0.05) is 23.3 Å². The standard InChI is InChI=1S/C16H15BrN2O/c1-20-7-6-19-11-15(10-18-19)13-2-3-14-9-16(17)5-4-12(14)8-13/h2-5,8-11H,6-7H2,1H3. The predicted molar refractivity (Wildman–Crippen MR) is 84.7 cm³/mol. The van der Waals surface area contributed by atoms with Gasteiger partial charge < -0.3 is 4.74 Å². The highest BCUT2D eigenvalue weighted by atomic mass is 79.9. The van der Waals surface area contributed by atoms with Gasteiger partial charge in [0.05, 0.1) is 19.3 Å². The molecule has 20 heavy (non-hydrogen) atoms. The minimum Gasteiger partial charge on any atom is -0.383 e. The second-order valence-electron chi connectivity index (χ2n) is 4.69. The van der Waals surface area contributed by atoms with E-state index in [0.29, 0.717) is 6.61 Å². The first-order chi connectivity index (χ1) is 9.76. The van der Waals surface area contributed by atoms with Crippen LogP contribution in [-0.2, 0) is 11.3 Å². The zero-order valence-electron chi connectivity index (χ0n) is 11.2. The lowest BCUT2D eigenvalue weighted by molar-refractivity contribution is 0.183. The topological polar surface area (TPSA) is 27.1 Å². The zero-order valence-corrected chi connectivity index (χ0v) is 12.8. The summed E-state index contributed by atoms with van der Waals surface area (Å²) in [6.07, 6.45) is 3.95. The van der Waals surface area contributed by atoms with E-state index >= 15 is 0 Å². The molecular formula is C16H15BrN2O. The van der Waals surface area contributed by atoms with Crippen LogP contribution in [0.2, 0.25) is 0 Å². The van der Waals surface area contributed by atoms with Gasteiger partial charge >= 0.3 is 0 Å². The maximum atomic E-state index is 5.06. The largest absolute Gasteiger partial charge is 0.383 e. The summed E-state index contributed by atoms with van der Waals surface area (Å²) in [5.74, 6) is 0. The number of aromatic nitrogens is 2. The molecule has 3 nitrogen and oxygen atoms in total. The molecule has 4 heteroatoms. The van der Waals surface area contributed by atoms with Crippen molar-refractivity contribution < 1.29 is 4.74 Å². The van der Waals surface area contributed by atoms with Gasteiger partial charge in [-0.3, -0.25) is 4.68 Å². The molecule has 1 aromatic heterocycles. The third-order valence-electron chi connectivity index (χ3n) is 3.29. The van der Waals surface area contributed by atoms with Gasteiger partial charge in [-0.15, -0.1) is 0 Å². The van der Waals surface area contributed by atoms with E-state index in [0.717, 1.165) is 16.6 Å². The number of hydrogen-bond acceptors (Lipinski definition) is 2. The Labute approximate surface area is 126 Å². The molecule has 0 N–H and O–H groups in total. The first kappa shape index (κ1) is 13.3. The number of rotatable bonds is 4. The Kier molecular flexibility index (Phi) is 3.85. The third-order valence-corrected chi connectivity index (χ3v) is 3.79. The van der Waals surface area contributed by atoms with Crippen LogP contribution in [-0.4, -0.2) is 23.5 Å². The van der Waals surface area contributed by atoms with Crippen LogP contribution in [0.25, 0.3) is 21.9 Å². The molecule has 0 bridgehead atoms. The lowest BCUT2D eigenvalue weighted by Crippen LogP contribution is -2.03. The van der Waals surface area contributed by atoms with Gasteiger partial charge in [-0.05, 0) is 34.5 Å². The first-order valence-electron chi connectivity index (χ1n) is 6.47. The van der Waals surface area contributed by atoms with Crippen molar-refractivity contribution in [1.82, 2.24) is 9.78 Å². The van der Waals surface area contributed by atoms with Crippen LogP contribution in [0.15, 0.2) is 53.3 Å². The fourth-order valence-electron chi connectivity index (χ4n) is 2.22. The monoisotopic (exact) mass is 330 g/mol. The molecule has 0 amide bonds. The Bertz CT molecular complexity index is 736. The van der Waals surface area contributed by atoms with Crippen LogP contribution < -0.4 is 0 Å². The van der Waals surface area contributed by atoms with E-state index in [9.17, 15) is 0 Å². The summed E-state index contributed by atoms with van der Waals surface area (Å²) in [5.41, 5.74) is 2.31. The maximum Gasteiger partial charge on any atom is 0.0658 e. The normalized spacial score (nSPS) is 11.1. The van der Waals surface area contributed by atoms with Crippen LogP contribution in [0.1, 0.15) is 0 Å². The summed E-state index contributed by atoms with van der Waals surface area (Å²) in [4.78, 5) is 0. The Morgan fingerprint density at radius 2 is 1.90 bits per heavy atom. The summed E-state index contributed by atoms with van der Waals surface area (Å²) in [6, 6.07) is 12.8. The van der Waals surface area contributed by atoms with E-state index in [1.807, 2.05) is 10.9 Å². The van der Waals surface area contributed by atoms with Crippen molar-refractivity contribution in [1.29, 1.82) is 0 Å². The highest BCUT2D eigenvalue weighted by Gasteiger charge is 2.03. The van der Waals surface area contributed by atoms with E-state index in [2.05, 4.69) is 63.6 Å². The second kappa shape index (κ2) is 5.77. The third kappa shape index (κ3) is 2.76. The molecule has 3 rings (SSSR count). The van der Waals surface area contributed by atoms with E-state index in [4.69, 9.17) is 4.74 Å². The number of methoxy groups -OCH3 is 1. The van der Waals surface area contributed by atoms with Gasteiger partial charge in [-0.25, -0.2) is 0 Å². The summed E-state index contributed by atoms with van der Waals surface area (Å²) in [5, 5.41) is 6.82. The lowest BCUT2D eigenvalue weighted by Gasteiger charge is -2.02. The molecule has 0 unspecified atom stereocenters. The molecular weight excluding hydrogens is 316 g/mol. The molecule has 0 atom stereocenters. The SMILES string of the molecule is COCCn1cc(-c2ccc3cc(Br)ccc3c2)cn1. The number of nitrogens with zero attached hydrogens (tertiary/aromatic N) is 2. The average Bonchev–Trinajstić information content (AvgIpc) is 2.93. The summed E-state index contributed by atoms with van der Waals surface area (Å²) < 4.78 is 8.07. The molecule has 1 heterocycles. The number of halogens is 1. The molecule has 3 aromatic rings. The van der Waals surface area contributed by atoms with E-state index in [1.54, 1.807) is 7.11 Å². The number of benzene rings is 2. The van der Waals surface area contributed by atoms with Crippen molar-refractivity contribution in [3.05, 3.63) is 53.3 Å². The van der Waals surface area contributed by atoms with Crippen LogP contribution >= 0.6 is 15.9 Å². The molecule has 102 valence electrons. The van der Waals surface area contributed by atoms with Crippen molar-refractivity contribution in [3.8, 4) is 11.1 Å². The van der Waals surface area contributed by atoms with Crippen molar-refractivity contribution >= 4 is 26.7 Å². The fourth-order valence-corrected chi connectivity index (χ4v) is 2.59. The molecule has 0 aliphatic carbocycles. The Morgan fingerprint density at radius 3 is 2.75 bits per heavy atom. The van der Waals surface area contributed by atoms with Gasteiger partial charge in [0.1, 0.15) is 0 Å². The molecule has 0 saturated heterocycles. The lowest BCUT2D eigenvalue weighted by atomic mass is 10.0. The van der Waals surface area contributed by atoms with E-state index in [-0.39, 0.29) is 0 Å². The molecule has 0 fully saturated rings. The number of hydrogen-bond donors (Lipinski definition) is 0. The Hall–Kier alpha value is -1.65. The summed E-state index contributed by atoms with van der Waals surface area (Å²) >= 11 is 3.50. The quantitative estimate of drug-likeness (QED) is 0.719. The van der Waals surface area contributed by atoms with Gasteiger partial charge in [-0.1, -0.05) is 34.1 Å². The summed E-state index contributed by atoms with van der Waals surface area (Å²) in [7, 11) is 1.70. The Morgan fingerprint density at radius 1 is 1.10 bits per heavy atom. The highest BCUT2D eigenvalue weighted by molar-refractivity contribution is 9.10. The molecule has 0 saturated carbocycles. The van der Waals surface area contributed by atoms with E-state index < -0.39 is 0 Å². The van der Waals surface area contributed by atoms with Crippen molar-refractivity contribution in [2.24, 2.45) is 0 Å². The minimum atomic E-state index is 0.673. The van der Waals surface area contributed by atoms with Gasteiger partial charge in [0.25, 0.3) is 0 Å². The van der Waals surface area contributed by atoms with E-state index in [1.165, 1.54) is 16.3 Å². The van der Waals surface area contributed by atoms with Gasteiger partial charge in [0.2, 0.25) is 0 Å². The highest BCUT2D eigenvalue weighted by Crippen LogP contribution is 2.26. The fraction of sp³-hybridized carbons (Fsp3) is 0.188. The van der Waals surface area contributed by atoms with Crippen LogP contribution in [0.3, 0.4) is 0 Å². The van der Waals surface area contributed by atoms with Crippen LogP contribution in [0.4, 0.5) is 0 Å². The van der Waals surface area contributed by atoms with Crippen molar-refractivity contribution in [3.63, 3.8) is 0 Å². The smallest absolute Gasteiger partial charge is 0.0658 e. The Balaban J connectivity index is 1.93. The second-order valence-corrected chi connectivity index (χ2v) is 5.61. The van der Waals surface area contributed by atoms with Crippen LogP contribution in [0.5, 0.6) is 0 Å². The molecule has 0 radical (unpaired) electrons. The molecule has 0 spiro atoms. The first-order valence-corrected chi connectivity index (χ1v) is 7.26. The molecule has 0 aliphatic rings. The number of fused-ring (bicyclic) bond motifs is 1.